The molecular formula is C34H40N6O3. The molecule has 9 nitrogen and oxygen atoms in total. The van der Waals surface area contributed by atoms with Crippen molar-refractivity contribution >= 4 is 23.4 Å². The second-order valence-electron chi connectivity index (χ2n) is 12.3. The molecule has 9 heteroatoms. The van der Waals surface area contributed by atoms with Gasteiger partial charge in [-0.05, 0) is 67.9 Å². The van der Waals surface area contributed by atoms with Gasteiger partial charge in [0.05, 0.1) is 6.04 Å². The van der Waals surface area contributed by atoms with E-state index >= 15 is 0 Å². The van der Waals surface area contributed by atoms with Crippen molar-refractivity contribution in [2.45, 2.75) is 37.4 Å². The lowest BCUT2D eigenvalue weighted by molar-refractivity contribution is -0.134. The van der Waals surface area contributed by atoms with Crippen molar-refractivity contribution < 1.29 is 14.4 Å². The summed E-state index contributed by atoms with van der Waals surface area (Å²) in [6.45, 7) is 3.08. The van der Waals surface area contributed by atoms with Crippen molar-refractivity contribution in [1.29, 1.82) is 0 Å². The number of piperazine rings is 1. The van der Waals surface area contributed by atoms with Gasteiger partial charge in [-0.2, -0.15) is 0 Å². The third-order valence-electron chi connectivity index (χ3n) is 8.95. The van der Waals surface area contributed by atoms with E-state index in [2.05, 4.69) is 34.5 Å². The number of nitrogens with zero attached hydrogens (tertiary/aromatic N) is 3. The molecule has 3 aromatic carbocycles. The van der Waals surface area contributed by atoms with Gasteiger partial charge in [0.1, 0.15) is 0 Å². The molecule has 6 rings (SSSR count). The minimum Gasteiger partial charge on any atom is -0.377 e. The highest BCUT2D eigenvalue weighted by Crippen LogP contribution is 2.48. The van der Waals surface area contributed by atoms with E-state index in [9.17, 15) is 14.4 Å². The molecule has 0 radical (unpaired) electrons. The molecule has 1 saturated heterocycles. The molecule has 0 aromatic heterocycles. The fraction of sp³-hybridized carbons (Fsp3) is 0.382. The second-order valence-corrected chi connectivity index (χ2v) is 12.3. The van der Waals surface area contributed by atoms with Gasteiger partial charge in [-0.1, -0.05) is 42.5 Å². The molecule has 3 aromatic rings. The molecule has 224 valence electrons. The molecular weight excluding hydrogens is 540 g/mol. The Morgan fingerprint density at radius 2 is 1.49 bits per heavy atom. The maximum atomic E-state index is 13.4. The van der Waals surface area contributed by atoms with Crippen LogP contribution in [0.2, 0.25) is 0 Å². The number of hydrogen-bond acceptors (Lipinski definition) is 6. The van der Waals surface area contributed by atoms with Gasteiger partial charge in [-0.15, -0.1) is 0 Å². The van der Waals surface area contributed by atoms with Crippen molar-refractivity contribution in [3.8, 4) is 0 Å². The SMILES string of the molecule is CN(C)Cc1ccc(C2Nc3cccc(C(N)=O)c3C(N)C2c2ccc(C(=O)N3CCN(C(=O)C4CC4)CC3)cc2)cc1. The molecule has 2 aliphatic heterocycles. The van der Waals surface area contributed by atoms with Crippen LogP contribution in [0.15, 0.2) is 66.7 Å². The predicted molar refractivity (Wildman–Crippen MR) is 166 cm³/mol. The average Bonchev–Trinajstić information content (AvgIpc) is 3.86. The van der Waals surface area contributed by atoms with Gasteiger partial charge in [0.15, 0.2) is 0 Å². The molecule has 3 atom stereocenters. The standard InChI is InChI=1S/C34H40N6O3/c1-38(2)20-21-6-8-23(9-7-21)31-28(30(35)29-26(32(36)41)4-3-5-27(29)37-31)22-10-12-24(13-11-22)33(42)39-16-18-40(19-17-39)34(43)25-14-15-25/h3-13,25,28,30-31,37H,14-20,35H2,1-2H3,(H2,36,41). The number of nitrogens with two attached hydrogens (primary N) is 2. The highest BCUT2D eigenvalue weighted by molar-refractivity contribution is 5.96. The molecule has 0 bridgehead atoms. The van der Waals surface area contributed by atoms with Gasteiger partial charge in [0, 0.05) is 73.0 Å². The molecule has 1 saturated carbocycles. The summed E-state index contributed by atoms with van der Waals surface area (Å²) in [5.74, 6) is -0.350. The van der Waals surface area contributed by atoms with Crippen LogP contribution in [0.25, 0.3) is 0 Å². The molecule has 43 heavy (non-hydrogen) atoms. The van der Waals surface area contributed by atoms with Gasteiger partial charge >= 0.3 is 0 Å². The van der Waals surface area contributed by atoms with Crippen molar-refractivity contribution in [2.24, 2.45) is 17.4 Å². The van der Waals surface area contributed by atoms with Crippen LogP contribution in [0, 0.1) is 5.92 Å². The summed E-state index contributed by atoms with van der Waals surface area (Å²) < 4.78 is 0. The van der Waals surface area contributed by atoms with Crippen LogP contribution in [0.5, 0.6) is 0 Å². The summed E-state index contributed by atoms with van der Waals surface area (Å²) >= 11 is 0. The Hall–Kier alpha value is -4.21. The van der Waals surface area contributed by atoms with Crippen LogP contribution in [-0.2, 0) is 11.3 Å². The van der Waals surface area contributed by atoms with Crippen LogP contribution < -0.4 is 16.8 Å². The number of primary amides is 1. The van der Waals surface area contributed by atoms with E-state index in [4.69, 9.17) is 11.5 Å². The minimum atomic E-state index is -0.515. The van der Waals surface area contributed by atoms with Crippen molar-refractivity contribution in [3.05, 3.63) is 100 Å². The monoisotopic (exact) mass is 580 g/mol. The summed E-state index contributed by atoms with van der Waals surface area (Å²) in [5, 5.41) is 3.66. The lowest BCUT2D eigenvalue weighted by Crippen LogP contribution is -2.51. The number of fused-ring (bicyclic) bond motifs is 1. The van der Waals surface area contributed by atoms with Crippen LogP contribution in [0.4, 0.5) is 5.69 Å². The lowest BCUT2D eigenvalue weighted by Gasteiger charge is -2.40. The second kappa shape index (κ2) is 11.8. The highest BCUT2D eigenvalue weighted by Gasteiger charge is 2.39. The van der Waals surface area contributed by atoms with Crippen LogP contribution in [0.3, 0.4) is 0 Å². The number of benzene rings is 3. The third kappa shape index (κ3) is 5.87. The zero-order valence-electron chi connectivity index (χ0n) is 24.8. The number of rotatable bonds is 7. The number of anilines is 1. The minimum absolute atomic E-state index is 0.0365. The smallest absolute Gasteiger partial charge is 0.253 e. The zero-order chi connectivity index (χ0) is 30.2. The summed E-state index contributed by atoms with van der Waals surface area (Å²) in [7, 11) is 4.09. The third-order valence-corrected chi connectivity index (χ3v) is 8.95. The molecule has 3 aliphatic rings. The summed E-state index contributed by atoms with van der Waals surface area (Å²) in [5.41, 5.74) is 18.5. The van der Waals surface area contributed by atoms with E-state index in [0.29, 0.717) is 42.9 Å². The quantitative estimate of drug-likeness (QED) is 0.393. The molecule has 2 heterocycles. The first kappa shape index (κ1) is 28.9. The fourth-order valence-electron chi connectivity index (χ4n) is 6.54. The van der Waals surface area contributed by atoms with Crippen LogP contribution >= 0.6 is 0 Å². The van der Waals surface area contributed by atoms with Crippen molar-refractivity contribution in [2.75, 3.05) is 45.6 Å². The Kier molecular flexibility index (Phi) is 7.94. The van der Waals surface area contributed by atoms with E-state index in [1.807, 2.05) is 60.3 Å². The largest absolute Gasteiger partial charge is 0.377 e. The summed E-state index contributed by atoms with van der Waals surface area (Å²) in [6, 6.07) is 21.0. The maximum Gasteiger partial charge on any atom is 0.253 e. The Morgan fingerprint density at radius 3 is 2.09 bits per heavy atom. The van der Waals surface area contributed by atoms with E-state index in [-0.39, 0.29) is 29.7 Å². The maximum absolute atomic E-state index is 13.4. The number of nitrogens with one attached hydrogen (secondary N) is 1. The predicted octanol–water partition coefficient (Wildman–Crippen LogP) is 3.49. The van der Waals surface area contributed by atoms with Gasteiger partial charge < -0.3 is 31.5 Å². The first-order chi connectivity index (χ1) is 20.7. The first-order valence-corrected chi connectivity index (χ1v) is 15.1. The van der Waals surface area contributed by atoms with Gasteiger partial charge in [-0.3, -0.25) is 14.4 Å². The average molecular weight is 581 g/mol. The summed E-state index contributed by atoms with van der Waals surface area (Å²) in [4.78, 5) is 44.0. The molecule has 5 N–H and O–H groups in total. The van der Waals surface area contributed by atoms with Crippen LogP contribution in [-0.4, -0.2) is 72.7 Å². The molecule has 3 unspecified atom stereocenters. The van der Waals surface area contributed by atoms with Gasteiger partial charge in [0.25, 0.3) is 5.91 Å². The normalized spacial score (nSPS) is 21.7. The number of amides is 3. The zero-order valence-corrected chi connectivity index (χ0v) is 24.8. The van der Waals surface area contributed by atoms with E-state index in [1.165, 1.54) is 5.56 Å². The van der Waals surface area contributed by atoms with E-state index in [0.717, 1.165) is 36.2 Å². The molecule has 1 aliphatic carbocycles. The summed E-state index contributed by atoms with van der Waals surface area (Å²) in [6.07, 6.45) is 1.98. The molecule has 3 amide bonds. The molecule has 0 spiro atoms. The Morgan fingerprint density at radius 1 is 0.860 bits per heavy atom. The molecule has 2 fully saturated rings. The van der Waals surface area contributed by atoms with E-state index in [1.54, 1.807) is 6.07 Å². The lowest BCUT2D eigenvalue weighted by atomic mass is 9.74. The Labute approximate surface area is 252 Å². The number of carbonyl (C=O) groups excluding carboxylic acids is 3. The Balaban J connectivity index is 1.27. The number of hydrogen-bond donors (Lipinski definition) is 3. The topological polar surface area (TPSA) is 125 Å². The number of carbonyl (C=O) groups is 3. The van der Waals surface area contributed by atoms with E-state index < -0.39 is 11.9 Å². The Bertz CT molecular complexity index is 1510. The highest BCUT2D eigenvalue weighted by atomic mass is 16.2. The van der Waals surface area contributed by atoms with Gasteiger partial charge in [-0.25, -0.2) is 0 Å². The van der Waals surface area contributed by atoms with Crippen molar-refractivity contribution in [1.82, 2.24) is 14.7 Å². The van der Waals surface area contributed by atoms with Crippen molar-refractivity contribution in [3.63, 3.8) is 0 Å². The van der Waals surface area contributed by atoms with Crippen LogP contribution in [0.1, 0.15) is 73.8 Å². The van der Waals surface area contributed by atoms with Gasteiger partial charge in [0.2, 0.25) is 11.8 Å². The first-order valence-electron chi connectivity index (χ1n) is 15.1. The fourth-order valence-corrected chi connectivity index (χ4v) is 6.54.